The molecule has 0 spiro atoms. The normalized spacial score (nSPS) is 11.9. The van der Waals surface area contributed by atoms with Gasteiger partial charge in [-0.1, -0.05) is 6.92 Å². The van der Waals surface area contributed by atoms with E-state index >= 15 is 0 Å². The summed E-state index contributed by atoms with van der Waals surface area (Å²) in [5.41, 5.74) is 0.291. The van der Waals surface area contributed by atoms with Gasteiger partial charge in [0.25, 0.3) is 5.91 Å². The maximum Gasteiger partial charge on any atom is 0.271 e. The van der Waals surface area contributed by atoms with Crippen LogP contribution in [0.4, 0.5) is 5.82 Å². The van der Waals surface area contributed by atoms with Gasteiger partial charge in [-0.05, 0) is 19.1 Å². The molecule has 0 radical (unpaired) electrons. The third kappa shape index (κ3) is 4.79. The minimum absolute atomic E-state index is 0.233. The summed E-state index contributed by atoms with van der Waals surface area (Å²) in [5, 5.41) is 13.4. The van der Waals surface area contributed by atoms with E-state index in [1.165, 1.54) is 0 Å². The lowest BCUT2D eigenvalue weighted by Crippen LogP contribution is -2.24. The van der Waals surface area contributed by atoms with E-state index < -0.39 is 10.8 Å². The average molecular weight is 270 g/mol. The quantitative estimate of drug-likeness (QED) is 0.749. The smallest absolute Gasteiger partial charge is 0.271 e. The maximum atomic E-state index is 11.4. The Morgan fingerprint density at radius 3 is 2.67 bits per heavy atom. The van der Waals surface area contributed by atoms with E-state index in [9.17, 15) is 9.00 Å². The third-order valence-corrected chi connectivity index (χ3v) is 3.50. The molecule has 1 atom stereocenters. The predicted octanol–water partition coefficient (Wildman–Crippen LogP) is 0.407. The molecule has 100 valence electrons. The monoisotopic (exact) mass is 270 g/mol. The lowest BCUT2D eigenvalue weighted by Gasteiger charge is -2.05. The van der Waals surface area contributed by atoms with Crippen molar-refractivity contribution in [2.45, 2.75) is 13.8 Å². The molecule has 1 rings (SSSR count). The standard InChI is InChI=1S/C11H18N4O2S/c1-3-12-11(16)9-5-6-10(15-14-9)13-7-8-18(17)4-2/h5-6H,3-4,7-8H2,1-2H3,(H,12,16)(H,13,15). The van der Waals surface area contributed by atoms with Gasteiger partial charge in [-0.25, -0.2) is 0 Å². The van der Waals surface area contributed by atoms with E-state index in [-0.39, 0.29) is 5.91 Å². The topological polar surface area (TPSA) is 84.0 Å². The molecule has 7 heteroatoms. The largest absolute Gasteiger partial charge is 0.368 e. The lowest BCUT2D eigenvalue weighted by molar-refractivity contribution is 0.0950. The van der Waals surface area contributed by atoms with Crippen LogP contribution in [0, 0.1) is 0 Å². The van der Waals surface area contributed by atoms with Crippen molar-refractivity contribution in [3.05, 3.63) is 17.8 Å². The van der Waals surface area contributed by atoms with Crippen LogP contribution >= 0.6 is 0 Å². The fourth-order valence-corrected chi connectivity index (χ4v) is 1.85. The number of carbonyl (C=O) groups is 1. The van der Waals surface area contributed by atoms with E-state index in [0.29, 0.717) is 36.1 Å². The van der Waals surface area contributed by atoms with Gasteiger partial charge in [0.05, 0.1) is 0 Å². The number of anilines is 1. The minimum atomic E-state index is -0.790. The Bertz CT molecular complexity index is 408. The molecule has 1 aromatic rings. The highest BCUT2D eigenvalue weighted by Crippen LogP contribution is 2.01. The summed E-state index contributed by atoms with van der Waals surface area (Å²) in [6.45, 7) is 4.87. The molecule has 6 nitrogen and oxygen atoms in total. The number of nitrogens with zero attached hydrogens (tertiary/aromatic N) is 2. The van der Waals surface area contributed by atoms with Gasteiger partial charge < -0.3 is 10.6 Å². The highest BCUT2D eigenvalue weighted by Gasteiger charge is 2.06. The molecule has 0 aliphatic heterocycles. The Balaban J connectivity index is 2.45. The zero-order chi connectivity index (χ0) is 13.4. The molecule has 1 unspecified atom stereocenters. The molecule has 2 N–H and O–H groups in total. The fraction of sp³-hybridized carbons (Fsp3) is 0.545. The highest BCUT2D eigenvalue weighted by molar-refractivity contribution is 7.84. The van der Waals surface area contributed by atoms with Crippen LogP contribution < -0.4 is 10.6 Å². The Morgan fingerprint density at radius 1 is 1.33 bits per heavy atom. The van der Waals surface area contributed by atoms with Crippen LogP contribution in [0.3, 0.4) is 0 Å². The van der Waals surface area contributed by atoms with E-state index in [0.717, 1.165) is 0 Å². The molecule has 1 heterocycles. The van der Waals surface area contributed by atoms with Crippen LogP contribution in [0.5, 0.6) is 0 Å². The summed E-state index contributed by atoms with van der Waals surface area (Å²) < 4.78 is 11.2. The molecule has 0 aliphatic rings. The molecule has 1 aromatic heterocycles. The first kappa shape index (κ1) is 14.6. The summed E-state index contributed by atoms with van der Waals surface area (Å²) >= 11 is 0. The van der Waals surface area contributed by atoms with Crippen molar-refractivity contribution in [2.24, 2.45) is 0 Å². The molecule has 1 amide bonds. The first-order valence-electron chi connectivity index (χ1n) is 5.88. The zero-order valence-corrected chi connectivity index (χ0v) is 11.4. The molecule has 18 heavy (non-hydrogen) atoms. The van der Waals surface area contributed by atoms with Crippen molar-refractivity contribution in [3.8, 4) is 0 Å². The third-order valence-electron chi connectivity index (χ3n) is 2.19. The van der Waals surface area contributed by atoms with Crippen molar-refractivity contribution in [3.63, 3.8) is 0 Å². The van der Waals surface area contributed by atoms with Crippen molar-refractivity contribution in [2.75, 3.05) is 29.9 Å². The van der Waals surface area contributed by atoms with Gasteiger partial charge in [0, 0.05) is 35.4 Å². The number of amides is 1. The van der Waals surface area contributed by atoms with E-state index in [1.807, 2.05) is 13.8 Å². The molecule has 0 aliphatic carbocycles. The molecule has 0 bridgehead atoms. The summed E-state index contributed by atoms with van der Waals surface area (Å²) in [5.74, 6) is 1.58. The summed E-state index contributed by atoms with van der Waals surface area (Å²) in [4.78, 5) is 11.4. The van der Waals surface area contributed by atoms with Crippen molar-refractivity contribution >= 4 is 22.5 Å². The van der Waals surface area contributed by atoms with Crippen molar-refractivity contribution < 1.29 is 9.00 Å². The van der Waals surface area contributed by atoms with Crippen LogP contribution in [-0.2, 0) is 10.8 Å². The van der Waals surface area contributed by atoms with Crippen LogP contribution in [0.2, 0.25) is 0 Å². The second-order valence-corrected chi connectivity index (χ2v) is 5.39. The predicted molar refractivity (Wildman–Crippen MR) is 72.1 cm³/mol. The van der Waals surface area contributed by atoms with Crippen LogP contribution in [-0.4, -0.2) is 44.9 Å². The number of hydrogen-bond acceptors (Lipinski definition) is 5. The molecule has 0 fully saturated rings. The molecular weight excluding hydrogens is 252 g/mol. The Hall–Kier alpha value is -1.50. The maximum absolute atomic E-state index is 11.4. The van der Waals surface area contributed by atoms with Gasteiger partial charge in [0.2, 0.25) is 0 Å². The van der Waals surface area contributed by atoms with Crippen molar-refractivity contribution in [1.82, 2.24) is 15.5 Å². The first-order valence-corrected chi connectivity index (χ1v) is 7.37. The van der Waals surface area contributed by atoms with Crippen LogP contribution in [0.25, 0.3) is 0 Å². The van der Waals surface area contributed by atoms with Gasteiger partial charge in [-0.3, -0.25) is 9.00 Å². The SMILES string of the molecule is CCNC(=O)c1ccc(NCCS(=O)CC)nn1. The van der Waals surface area contributed by atoms with E-state index in [1.54, 1.807) is 12.1 Å². The number of nitrogens with one attached hydrogen (secondary N) is 2. The highest BCUT2D eigenvalue weighted by atomic mass is 32.2. The Morgan fingerprint density at radius 2 is 2.11 bits per heavy atom. The fourth-order valence-electron chi connectivity index (χ4n) is 1.24. The number of hydrogen-bond donors (Lipinski definition) is 2. The van der Waals surface area contributed by atoms with Gasteiger partial charge in [-0.15, -0.1) is 10.2 Å². The lowest BCUT2D eigenvalue weighted by atomic mass is 10.3. The summed E-state index contributed by atoms with van der Waals surface area (Å²) in [7, 11) is -0.790. The van der Waals surface area contributed by atoms with E-state index in [2.05, 4.69) is 20.8 Å². The molecular formula is C11H18N4O2S. The second-order valence-electron chi connectivity index (χ2n) is 3.52. The summed E-state index contributed by atoms with van der Waals surface area (Å²) in [6.07, 6.45) is 0. The first-order chi connectivity index (χ1) is 8.67. The summed E-state index contributed by atoms with van der Waals surface area (Å²) in [6, 6.07) is 3.30. The molecule has 0 saturated carbocycles. The Labute approximate surface area is 109 Å². The van der Waals surface area contributed by atoms with E-state index in [4.69, 9.17) is 0 Å². The van der Waals surface area contributed by atoms with Crippen molar-refractivity contribution in [1.29, 1.82) is 0 Å². The second kappa shape index (κ2) is 7.75. The average Bonchev–Trinajstić information content (AvgIpc) is 2.39. The number of carbonyl (C=O) groups excluding carboxylic acids is 1. The Kier molecular flexibility index (Phi) is 6.27. The molecule has 0 saturated heterocycles. The number of rotatable bonds is 7. The van der Waals surface area contributed by atoms with Gasteiger partial charge >= 0.3 is 0 Å². The molecule has 0 aromatic carbocycles. The van der Waals surface area contributed by atoms with Gasteiger partial charge in [-0.2, -0.15) is 0 Å². The van der Waals surface area contributed by atoms with Crippen LogP contribution in [0.1, 0.15) is 24.3 Å². The minimum Gasteiger partial charge on any atom is -0.368 e. The number of aromatic nitrogens is 2. The zero-order valence-electron chi connectivity index (χ0n) is 10.6. The van der Waals surface area contributed by atoms with Crippen LogP contribution in [0.15, 0.2) is 12.1 Å². The van der Waals surface area contributed by atoms with Gasteiger partial charge in [0.1, 0.15) is 5.82 Å². The van der Waals surface area contributed by atoms with Gasteiger partial charge in [0.15, 0.2) is 5.69 Å².